The van der Waals surface area contributed by atoms with Crippen molar-refractivity contribution in [1.29, 1.82) is 0 Å². The number of ether oxygens (including phenoxy) is 1. The Labute approximate surface area is 196 Å². The van der Waals surface area contributed by atoms with Gasteiger partial charge in [0.05, 0.1) is 6.61 Å². The van der Waals surface area contributed by atoms with E-state index in [0.29, 0.717) is 13.0 Å². The third kappa shape index (κ3) is 34.3. The summed E-state index contributed by atoms with van der Waals surface area (Å²) in [6, 6.07) is 0. The van der Waals surface area contributed by atoms with Gasteiger partial charge in [-0.25, -0.2) is 0 Å². The molecule has 0 amide bonds. The summed E-state index contributed by atoms with van der Waals surface area (Å²) in [5.74, 6) is -0.814. The normalized spacial score (nSPS) is 8.96. The molecule has 0 rings (SSSR count). The first kappa shape index (κ1) is 32.6. The smallest absolute Gasteiger partial charge is 1.00 e. The first-order valence-electron chi connectivity index (χ1n) is 8.95. The fourth-order valence-corrected chi connectivity index (χ4v) is 1.88. The molecule has 24 heavy (non-hydrogen) atoms. The molecule has 4 nitrogen and oxygen atoms in total. The summed E-state index contributed by atoms with van der Waals surface area (Å²) in [6.07, 6.45) is 13.9. The van der Waals surface area contributed by atoms with Crippen LogP contribution in [-0.2, 0) is 14.3 Å². The van der Waals surface area contributed by atoms with Crippen molar-refractivity contribution in [2.24, 2.45) is 0 Å². The minimum absolute atomic E-state index is 0. The van der Waals surface area contributed by atoms with Gasteiger partial charge in [-0.3, -0.25) is 9.59 Å². The van der Waals surface area contributed by atoms with Crippen LogP contribution in [0, 0.1) is 0 Å². The van der Waals surface area contributed by atoms with E-state index in [0.717, 1.165) is 6.42 Å². The van der Waals surface area contributed by atoms with Crippen LogP contribution in [0.5, 0.6) is 0 Å². The number of esters is 1. The first-order valence-corrected chi connectivity index (χ1v) is 8.95. The number of hydrogen-bond donors (Lipinski definition) is 1. The molecule has 0 aliphatic carbocycles. The van der Waals surface area contributed by atoms with Crippen molar-refractivity contribution in [3.05, 3.63) is 0 Å². The zero-order valence-electron chi connectivity index (χ0n) is 18.9. The monoisotopic (exact) mass is 364 g/mol. The Balaban J connectivity index is -0.0000000984. The molecule has 0 aromatic rings. The predicted molar refractivity (Wildman–Crippen MR) is 93.2 cm³/mol. The van der Waals surface area contributed by atoms with E-state index in [2.05, 4.69) is 6.92 Å². The van der Waals surface area contributed by atoms with Gasteiger partial charge in [0.2, 0.25) is 0 Å². The molecular formula is C18H38Na2O4. The fourth-order valence-electron chi connectivity index (χ4n) is 1.88. The van der Waals surface area contributed by atoms with Gasteiger partial charge in [0.1, 0.15) is 0 Å². The minimum atomic E-state index is -0.745. The van der Waals surface area contributed by atoms with Crippen molar-refractivity contribution >= 4 is 11.9 Å². The molecule has 0 bridgehead atoms. The Hall–Kier alpha value is 0.940. The van der Waals surface area contributed by atoms with E-state index in [1.807, 2.05) is 6.92 Å². The van der Waals surface area contributed by atoms with E-state index in [4.69, 9.17) is 9.84 Å². The summed E-state index contributed by atoms with van der Waals surface area (Å²) in [4.78, 5) is 20.2. The summed E-state index contributed by atoms with van der Waals surface area (Å²) >= 11 is 0. The van der Waals surface area contributed by atoms with Crippen molar-refractivity contribution < 1.29 is 81.4 Å². The Kier molecular flexibility index (Phi) is 39.0. The van der Waals surface area contributed by atoms with Gasteiger partial charge in [0, 0.05) is 12.8 Å². The zero-order chi connectivity index (χ0) is 17.1. The van der Waals surface area contributed by atoms with Gasteiger partial charge in [-0.05, 0) is 6.42 Å². The molecule has 0 radical (unpaired) electrons. The van der Waals surface area contributed by atoms with E-state index in [1.54, 1.807) is 6.92 Å². The number of rotatable bonds is 13. The average molecular weight is 364 g/mol. The molecule has 0 fully saturated rings. The van der Waals surface area contributed by atoms with Gasteiger partial charge in [0.15, 0.2) is 0 Å². The van der Waals surface area contributed by atoms with E-state index < -0.39 is 5.97 Å². The Morgan fingerprint density at radius 3 is 1.46 bits per heavy atom. The second-order valence-electron chi connectivity index (χ2n) is 5.50. The van der Waals surface area contributed by atoms with Crippen molar-refractivity contribution in [3.8, 4) is 0 Å². The van der Waals surface area contributed by atoms with E-state index in [-0.39, 0.29) is 74.4 Å². The van der Waals surface area contributed by atoms with Gasteiger partial charge in [-0.2, -0.15) is 0 Å². The first-order chi connectivity index (χ1) is 10.6. The topological polar surface area (TPSA) is 63.6 Å². The summed E-state index contributed by atoms with van der Waals surface area (Å²) in [5, 5.41) is 7.72. The number of carboxylic acid groups (broad SMARTS) is 1. The molecule has 0 aliphatic heterocycles. The molecule has 0 saturated heterocycles. The Morgan fingerprint density at radius 1 is 0.750 bits per heavy atom. The molecule has 136 valence electrons. The van der Waals surface area contributed by atoms with E-state index in [9.17, 15) is 9.59 Å². The zero-order valence-corrected chi connectivity index (χ0v) is 20.9. The number of unbranched alkanes of at least 4 members (excludes halogenated alkanes) is 9. The molecule has 0 atom stereocenters. The Bertz CT molecular complexity index is 272. The van der Waals surface area contributed by atoms with Crippen LogP contribution in [0.4, 0.5) is 0 Å². The van der Waals surface area contributed by atoms with E-state index in [1.165, 1.54) is 57.8 Å². The van der Waals surface area contributed by atoms with Gasteiger partial charge in [0.25, 0.3) is 0 Å². The summed E-state index contributed by atoms with van der Waals surface area (Å²) in [5.41, 5.74) is 0. The largest absolute Gasteiger partial charge is 1.00 e. The maximum absolute atomic E-state index is 10.8. The summed E-state index contributed by atoms with van der Waals surface area (Å²) < 4.78 is 5.02. The third-order valence-electron chi connectivity index (χ3n) is 3.35. The quantitative estimate of drug-likeness (QED) is 0.274. The fraction of sp³-hybridized carbons (Fsp3) is 0.889. The van der Waals surface area contributed by atoms with Crippen LogP contribution in [0.1, 0.15) is 101 Å². The second-order valence-corrected chi connectivity index (χ2v) is 5.50. The Morgan fingerprint density at radius 2 is 1.12 bits per heavy atom. The minimum Gasteiger partial charge on any atom is -1.00 e. The van der Waals surface area contributed by atoms with Crippen LogP contribution in [0.15, 0.2) is 0 Å². The van der Waals surface area contributed by atoms with Crippen LogP contribution in [-0.4, -0.2) is 23.7 Å². The van der Waals surface area contributed by atoms with Crippen LogP contribution in [0.3, 0.4) is 0 Å². The van der Waals surface area contributed by atoms with Crippen molar-refractivity contribution in [3.63, 3.8) is 0 Å². The number of aliphatic carboxylic acids is 1. The van der Waals surface area contributed by atoms with Crippen LogP contribution in [0.2, 0.25) is 0 Å². The molecule has 6 heteroatoms. The summed E-state index contributed by atoms with van der Waals surface area (Å²) in [6.45, 7) is 6.30. The predicted octanol–water partition coefficient (Wildman–Crippen LogP) is -0.425. The van der Waals surface area contributed by atoms with Gasteiger partial charge < -0.3 is 12.7 Å². The molecular weight excluding hydrogens is 326 g/mol. The molecule has 0 aromatic heterocycles. The standard InChI is InChI=1S/C15H30O2.C3H6O2.2Na.2H/c1-3-5-6-7-8-9-10-11-12-13-14-17-15(16)4-2;1-2-3(4)5;;;;/h3-14H2,1-2H3;2H2,1H3,(H,4,5);;;;/q;;2*+1;2*-1. The molecule has 1 N–H and O–H groups in total. The van der Waals surface area contributed by atoms with Crippen LogP contribution >= 0.6 is 0 Å². The van der Waals surface area contributed by atoms with Crippen LogP contribution < -0.4 is 59.1 Å². The third-order valence-corrected chi connectivity index (χ3v) is 3.35. The molecule has 0 spiro atoms. The maximum Gasteiger partial charge on any atom is 1.00 e. The van der Waals surface area contributed by atoms with E-state index >= 15 is 0 Å². The van der Waals surface area contributed by atoms with Crippen molar-refractivity contribution in [2.75, 3.05) is 6.61 Å². The molecule has 0 unspecified atom stereocenters. The second kappa shape index (κ2) is 28.7. The van der Waals surface area contributed by atoms with Crippen molar-refractivity contribution in [1.82, 2.24) is 0 Å². The number of carbonyl (C=O) groups excluding carboxylic acids is 1. The molecule has 0 heterocycles. The number of hydrogen-bond acceptors (Lipinski definition) is 3. The average Bonchev–Trinajstić information content (AvgIpc) is 2.52. The number of carboxylic acids is 1. The molecule has 0 saturated carbocycles. The maximum atomic E-state index is 10.8. The number of carbonyl (C=O) groups is 2. The molecule has 0 aliphatic rings. The van der Waals surface area contributed by atoms with Crippen molar-refractivity contribution in [2.45, 2.75) is 97.8 Å². The summed E-state index contributed by atoms with van der Waals surface area (Å²) in [7, 11) is 0. The SMILES string of the molecule is CCC(=O)O.CCCCCCCCCCCCOC(=O)CC.[H-].[H-].[Na+].[Na+]. The van der Waals surface area contributed by atoms with Crippen LogP contribution in [0.25, 0.3) is 0 Å². The van der Waals surface area contributed by atoms with Gasteiger partial charge >= 0.3 is 71.1 Å². The van der Waals surface area contributed by atoms with Gasteiger partial charge in [-0.1, -0.05) is 78.6 Å². The molecule has 0 aromatic carbocycles. The van der Waals surface area contributed by atoms with Gasteiger partial charge in [-0.15, -0.1) is 0 Å².